The summed E-state index contributed by atoms with van der Waals surface area (Å²) in [4.78, 5) is 8.54. The first-order valence-corrected chi connectivity index (χ1v) is 10.6. The van der Waals surface area contributed by atoms with Gasteiger partial charge in [0.1, 0.15) is 11.6 Å². The predicted molar refractivity (Wildman–Crippen MR) is 116 cm³/mol. The van der Waals surface area contributed by atoms with E-state index >= 15 is 0 Å². The van der Waals surface area contributed by atoms with Crippen LogP contribution in [0.5, 0.6) is 0 Å². The smallest absolute Gasteiger partial charge is 0.123 e. The number of nitrogens with zero attached hydrogens (tertiary/aromatic N) is 3. The van der Waals surface area contributed by atoms with Crippen molar-refractivity contribution in [1.82, 2.24) is 19.7 Å². The number of halogens is 1. The van der Waals surface area contributed by atoms with Crippen molar-refractivity contribution in [3.05, 3.63) is 83.2 Å². The monoisotopic (exact) mass is 398 g/mol. The van der Waals surface area contributed by atoms with Crippen LogP contribution in [0.15, 0.2) is 60.3 Å². The number of benzene rings is 2. The normalized spacial score (nSPS) is 23.1. The second-order valence-electron chi connectivity index (χ2n) is 8.79. The van der Waals surface area contributed by atoms with E-state index in [2.05, 4.69) is 41.3 Å². The van der Waals surface area contributed by atoms with Gasteiger partial charge in [-0.3, -0.25) is 0 Å². The van der Waals surface area contributed by atoms with E-state index in [0.29, 0.717) is 5.92 Å². The Hall–Kier alpha value is -3.21. The summed E-state index contributed by atoms with van der Waals surface area (Å²) in [6, 6.07) is 14.8. The van der Waals surface area contributed by atoms with Gasteiger partial charge >= 0.3 is 0 Å². The maximum atomic E-state index is 13.4. The van der Waals surface area contributed by atoms with Crippen molar-refractivity contribution in [2.24, 2.45) is 5.41 Å². The molecule has 0 amide bonds. The molecule has 150 valence electrons. The second kappa shape index (κ2) is 6.39. The average molecular weight is 398 g/mol. The summed E-state index contributed by atoms with van der Waals surface area (Å²) in [5.74, 6) is 1.22. The molecule has 0 saturated heterocycles. The number of fused-ring (bicyclic) bond motifs is 3. The minimum atomic E-state index is -0.230. The van der Waals surface area contributed by atoms with Gasteiger partial charge in [-0.1, -0.05) is 24.6 Å². The second-order valence-corrected chi connectivity index (χ2v) is 8.79. The van der Waals surface area contributed by atoms with Crippen LogP contribution in [-0.4, -0.2) is 19.7 Å². The Balaban J connectivity index is 1.42. The van der Waals surface area contributed by atoms with Crippen LogP contribution in [0.1, 0.15) is 49.2 Å². The lowest BCUT2D eigenvalue weighted by Crippen LogP contribution is -2.36. The van der Waals surface area contributed by atoms with Gasteiger partial charge in [0.15, 0.2) is 0 Å². The highest BCUT2D eigenvalue weighted by Gasteiger charge is 2.45. The van der Waals surface area contributed by atoms with Gasteiger partial charge in [-0.05, 0) is 73.7 Å². The average Bonchev–Trinajstić information content (AvgIpc) is 3.35. The van der Waals surface area contributed by atoms with Gasteiger partial charge in [-0.15, -0.1) is 0 Å². The molecule has 2 atom stereocenters. The maximum absolute atomic E-state index is 13.4. The van der Waals surface area contributed by atoms with E-state index in [1.54, 1.807) is 12.1 Å². The lowest BCUT2D eigenvalue weighted by atomic mass is 9.59. The molecule has 0 spiro atoms. The SMILES string of the molecule is C[C@]12Cc3cnn(-c4ccc(F)cc4)c3C=C1CCC[C@@H]2c1nc2ccccc2[nH]1. The van der Waals surface area contributed by atoms with Gasteiger partial charge in [-0.25, -0.2) is 14.1 Å². The molecular formula is C25H23FN4. The molecule has 0 aliphatic heterocycles. The summed E-state index contributed by atoms with van der Waals surface area (Å²) >= 11 is 0. The number of allylic oxidation sites excluding steroid dienone is 1. The first kappa shape index (κ1) is 17.6. The van der Waals surface area contributed by atoms with Crippen LogP contribution < -0.4 is 0 Å². The number of rotatable bonds is 2. The number of imidazole rings is 1. The van der Waals surface area contributed by atoms with Crippen molar-refractivity contribution in [3.8, 4) is 5.69 Å². The molecule has 6 rings (SSSR count). The summed E-state index contributed by atoms with van der Waals surface area (Å²) < 4.78 is 15.3. The first-order chi connectivity index (χ1) is 14.6. The molecule has 0 radical (unpaired) electrons. The third kappa shape index (κ3) is 2.58. The van der Waals surface area contributed by atoms with Crippen LogP contribution >= 0.6 is 0 Å². The number of H-pyrrole nitrogens is 1. The number of nitrogens with one attached hydrogen (secondary N) is 1. The third-order valence-corrected chi connectivity index (χ3v) is 7.01. The fourth-order valence-electron chi connectivity index (χ4n) is 5.40. The summed E-state index contributed by atoms with van der Waals surface area (Å²) in [6.45, 7) is 2.38. The molecule has 4 nitrogen and oxygen atoms in total. The third-order valence-electron chi connectivity index (χ3n) is 7.01. The molecule has 2 aliphatic rings. The Kier molecular flexibility index (Phi) is 3.76. The van der Waals surface area contributed by atoms with Gasteiger partial charge < -0.3 is 4.98 Å². The molecule has 4 aromatic rings. The van der Waals surface area contributed by atoms with E-state index < -0.39 is 0 Å². The number of aromatic amines is 1. The molecule has 0 unspecified atom stereocenters. The zero-order valence-electron chi connectivity index (χ0n) is 16.9. The highest BCUT2D eigenvalue weighted by atomic mass is 19.1. The van der Waals surface area contributed by atoms with Gasteiger partial charge in [0.05, 0.1) is 28.6 Å². The number of hydrogen-bond donors (Lipinski definition) is 1. The van der Waals surface area contributed by atoms with Crippen LogP contribution in [0, 0.1) is 11.2 Å². The summed E-state index contributed by atoms with van der Waals surface area (Å²) in [6.07, 6.45) is 8.63. The molecule has 1 saturated carbocycles. The molecule has 5 heteroatoms. The van der Waals surface area contributed by atoms with Gasteiger partial charge in [-0.2, -0.15) is 5.10 Å². The quantitative estimate of drug-likeness (QED) is 0.464. The molecule has 0 bridgehead atoms. The van der Waals surface area contributed by atoms with Crippen LogP contribution in [0.2, 0.25) is 0 Å². The van der Waals surface area contributed by atoms with E-state index in [1.807, 2.05) is 16.9 Å². The summed E-state index contributed by atoms with van der Waals surface area (Å²) in [5, 5.41) is 4.65. The minimum Gasteiger partial charge on any atom is -0.342 e. The Morgan fingerprint density at radius 3 is 2.80 bits per heavy atom. The number of hydrogen-bond acceptors (Lipinski definition) is 2. The van der Waals surface area contributed by atoms with Crippen molar-refractivity contribution < 1.29 is 4.39 Å². The van der Waals surface area contributed by atoms with E-state index in [0.717, 1.165) is 53.9 Å². The lowest BCUT2D eigenvalue weighted by Gasteiger charge is -2.45. The molecule has 2 aromatic carbocycles. The first-order valence-electron chi connectivity index (χ1n) is 10.6. The summed E-state index contributed by atoms with van der Waals surface area (Å²) in [5.41, 5.74) is 6.89. The fraction of sp³-hybridized carbons (Fsp3) is 0.280. The van der Waals surface area contributed by atoms with Crippen molar-refractivity contribution in [3.63, 3.8) is 0 Å². The lowest BCUT2D eigenvalue weighted by molar-refractivity contribution is 0.242. The zero-order chi connectivity index (χ0) is 20.3. The Morgan fingerprint density at radius 1 is 1.13 bits per heavy atom. The minimum absolute atomic E-state index is 0.0236. The molecule has 2 heterocycles. The largest absolute Gasteiger partial charge is 0.342 e. The van der Waals surface area contributed by atoms with Crippen LogP contribution in [0.4, 0.5) is 4.39 Å². The zero-order valence-corrected chi connectivity index (χ0v) is 16.9. The molecule has 1 N–H and O–H groups in total. The van der Waals surface area contributed by atoms with Gasteiger partial charge in [0.25, 0.3) is 0 Å². The fourth-order valence-corrected chi connectivity index (χ4v) is 5.40. The van der Waals surface area contributed by atoms with E-state index in [9.17, 15) is 4.39 Å². The van der Waals surface area contributed by atoms with Gasteiger partial charge in [0, 0.05) is 11.3 Å². The van der Waals surface area contributed by atoms with Crippen molar-refractivity contribution in [1.29, 1.82) is 0 Å². The van der Waals surface area contributed by atoms with Crippen LogP contribution in [0.25, 0.3) is 22.8 Å². The highest BCUT2D eigenvalue weighted by molar-refractivity contribution is 5.75. The molecular weight excluding hydrogens is 375 g/mol. The topological polar surface area (TPSA) is 46.5 Å². The predicted octanol–water partition coefficient (Wildman–Crippen LogP) is 5.80. The Labute approximate surface area is 174 Å². The van der Waals surface area contributed by atoms with Crippen molar-refractivity contribution >= 4 is 17.1 Å². The van der Waals surface area contributed by atoms with E-state index in [4.69, 9.17) is 4.98 Å². The molecule has 2 aromatic heterocycles. The Bertz CT molecular complexity index is 1250. The Morgan fingerprint density at radius 2 is 1.97 bits per heavy atom. The number of aromatic nitrogens is 4. The van der Waals surface area contributed by atoms with Crippen LogP contribution in [-0.2, 0) is 6.42 Å². The standard InChI is InChI=1S/C25H23FN4/c1-25-14-16-15-27-30(19-11-9-18(26)10-12-19)23(16)13-17(25)5-4-6-20(25)24-28-21-7-2-3-8-22(21)29-24/h2-3,7-13,15,20H,4-6,14H2,1H3,(H,28,29)/t20-,25+/m1/s1. The van der Waals surface area contributed by atoms with E-state index in [-0.39, 0.29) is 11.2 Å². The molecule has 30 heavy (non-hydrogen) atoms. The molecule has 1 fully saturated rings. The molecule has 2 aliphatic carbocycles. The van der Waals surface area contributed by atoms with Crippen LogP contribution in [0.3, 0.4) is 0 Å². The van der Waals surface area contributed by atoms with E-state index in [1.165, 1.54) is 23.3 Å². The van der Waals surface area contributed by atoms with Gasteiger partial charge in [0.2, 0.25) is 0 Å². The number of para-hydroxylation sites is 2. The maximum Gasteiger partial charge on any atom is 0.123 e. The van der Waals surface area contributed by atoms with Crippen molar-refractivity contribution in [2.45, 2.75) is 38.5 Å². The highest BCUT2D eigenvalue weighted by Crippen LogP contribution is 2.54. The summed E-state index contributed by atoms with van der Waals surface area (Å²) in [7, 11) is 0. The van der Waals surface area contributed by atoms with Crippen molar-refractivity contribution in [2.75, 3.05) is 0 Å².